The van der Waals surface area contributed by atoms with Crippen LogP contribution in [0.4, 0.5) is 5.69 Å². The van der Waals surface area contributed by atoms with Gasteiger partial charge in [0, 0.05) is 24.5 Å². The van der Waals surface area contributed by atoms with E-state index in [1.165, 1.54) is 6.33 Å². The highest BCUT2D eigenvalue weighted by Crippen LogP contribution is 2.14. The lowest BCUT2D eigenvalue weighted by Gasteiger charge is -2.09. The van der Waals surface area contributed by atoms with E-state index < -0.39 is 0 Å². The van der Waals surface area contributed by atoms with Gasteiger partial charge >= 0.3 is 0 Å². The van der Waals surface area contributed by atoms with Gasteiger partial charge in [0.05, 0.1) is 12.2 Å². The average molecular weight is 256 g/mol. The fourth-order valence-corrected chi connectivity index (χ4v) is 1.76. The van der Waals surface area contributed by atoms with E-state index >= 15 is 0 Å². The third-order valence-electron chi connectivity index (χ3n) is 2.83. The van der Waals surface area contributed by atoms with Crippen LogP contribution in [0.3, 0.4) is 0 Å². The van der Waals surface area contributed by atoms with Gasteiger partial charge in [-0.25, -0.2) is 9.97 Å². The summed E-state index contributed by atoms with van der Waals surface area (Å²) >= 11 is 0. The van der Waals surface area contributed by atoms with Crippen molar-refractivity contribution in [3.8, 4) is 0 Å². The Morgan fingerprint density at radius 3 is 2.79 bits per heavy atom. The second-order valence-electron chi connectivity index (χ2n) is 4.16. The molecule has 2 rings (SSSR count). The minimum Gasteiger partial charge on any atom is -0.388 e. The van der Waals surface area contributed by atoms with Crippen LogP contribution in [-0.4, -0.2) is 22.9 Å². The van der Waals surface area contributed by atoms with Crippen molar-refractivity contribution in [3.05, 3.63) is 53.6 Å². The molecule has 0 unspecified atom stereocenters. The van der Waals surface area contributed by atoms with Crippen LogP contribution in [0.1, 0.15) is 21.6 Å². The highest BCUT2D eigenvalue weighted by atomic mass is 16.1. The molecule has 0 atom stereocenters. The summed E-state index contributed by atoms with van der Waals surface area (Å²) in [7, 11) is 1.85. The highest BCUT2D eigenvalue weighted by molar-refractivity contribution is 5.96. The topological polar surface area (TPSA) is 66.9 Å². The van der Waals surface area contributed by atoms with Crippen molar-refractivity contribution in [3.63, 3.8) is 0 Å². The number of nitrogens with zero attached hydrogens (tertiary/aromatic N) is 2. The van der Waals surface area contributed by atoms with Gasteiger partial charge < -0.3 is 10.6 Å². The SMILES string of the molecule is CNc1ccc(C(=O)NCc2ccncn2)c(C)c1. The lowest BCUT2D eigenvalue weighted by atomic mass is 10.1. The van der Waals surface area contributed by atoms with Crippen LogP contribution in [0, 0.1) is 6.92 Å². The number of anilines is 1. The Morgan fingerprint density at radius 1 is 1.32 bits per heavy atom. The van der Waals surface area contributed by atoms with E-state index in [0.29, 0.717) is 12.1 Å². The van der Waals surface area contributed by atoms with E-state index in [1.54, 1.807) is 12.3 Å². The molecule has 1 aromatic carbocycles. The number of benzene rings is 1. The van der Waals surface area contributed by atoms with Gasteiger partial charge in [-0.2, -0.15) is 0 Å². The first-order valence-electron chi connectivity index (χ1n) is 6.02. The number of carbonyl (C=O) groups excluding carboxylic acids is 1. The standard InChI is InChI=1S/C14H16N4O/c1-10-7-11(15-2)3-4-13(10)14(19)17-8-12-5-6-16-9-18-12/h3-7,9,15H,8H2,1-2H3,(H,17,19). The van der Waals surface area contributed by atoms with E-state index in [0.717, 1.165) is 16.9 Å². The van der Waals surface area contributed by atoms with E-state index in [1.807, 2.05) is 32.2 Å². The predicted octanol–water partition coefficient (Wildman–Crippen LogP) is 1.76. The first kappa shape index (κ1) is 13.0. The average Bonchev–Trinajstić information content (AvgIpc) is 2.45. The number of aryl methyl sites for hydroxylation is 1. The van der Waals surface area contributed by atoms with E-state index in [2.05, 4.69) is 20.6 Å². The number of rotatable bonds is 4. The monoisotopic (exact) mass is 256 g/mol. The van der Waals surface area contributed by atoms with Crippen molar-refractivity contribution >= 4 is 11.6 Å². The number of hydrogen-bond acceptors (Lipinski definition) is 4. The predicted molar refractivity (Wildman–Crippen MR) is 73.9 cm³/mol. The third-order valence-corrected chi connectivity index (χ3v) is 2.83. The number of amides is 1. The Hall–Kier alpha value is -2.43. The lowest BCUT2D eigenvalue weighted by Crippen LogP contribution is -2.24. The summed E-state index contributed by atoms with van der Waals surface area (Å²) in [5, 5.41) is 5.89. The second kappa shape index (κ2) is 5.95. The zero-order chi connectivity index (χ0) is 13.7. The van der Waals surface area contributed by atoms with Crippen LogP contribution in [0.2, 0.25) is 0 Å². The highest BCUT2D eigenvalue weighted by Gasteiger charge is 2.09. The summed E-state index contributed by atoms with van der Waals surface area (Å²) in [6.07, 6.45) is 3.12. The number of carbonyl (C=O) groups is 1. The van der Waals surface area contributed by atoms with Crippen molar-refractivity contribution in [2.45, 2.75) is 13.5 Å². The van der Waals surface area contributed by atoms with Crippen molar-refractivity contribution < 1.29 is 4.79 Å². The van der Waals surface area contributed by atoms with Crippen molar-refractivity contribution in [1.29, 1.82) is 0 Å². The first-order valence-corrected chi connectivity index (χ1v) is 6.02. The summed E-state index contributed by atoms with van der Waals surface area (Å²) < 4.78 is 0. The fraction of sp³-hybridized carbons (Fsp3) is 0.214. The van der Waals surface area contributed by atoms with Crippen molar-refractivity contribution in [2.75, 3.05) is 12.4 Å². The maximum Gasteiger partial charge on any atom is 0.251 e. The molecule has 0 aliphatic carbocycles. The summed E-state index contributed by atoms with van der Waals surface area (Å²) in [5.41, 5.74) is 3.39. The second-order valence-corrected chi connectivity index (χ2v) is 4.16. The van der Waals surface area contributed by atoms with E-state index in [9.17, 15) is 4.79 Å². The van der Waals surface area contributed by atoms with Crippen LogP contribution in [0.25, 0.3) is 0 Å². The molecule has 1 aromatic heterocycles. The van der Waals surface area contributed by atoms with Gasteiger partial charge in [-0.15, -0.1) is 0 Å². The maximum atomic E-state index is 12.1. The molecular formula is C14H16N4O. The Morgan fingerprint density at radius 2 is 2.16 bits per heavy atom. The molecule has 0 aliphatic heterocycles. The van der Waals surface area contributed by atoms with Crippen molar-refractivity contribution in [2.24, 2.45) is 0 Å². The summed E-state index contributed by atoms with van der Waals surface area (Å²) in [6, 6.07) is 7.42. The molecule has 0 saturated heterocycles. The molecule has 0 saturated carbocycles. The van der Waals surface area contributed by atoms with Crippen LogP contribution in [-0.2, 0) is 6.54 Å². The molecule has 0 radical (unpaired) electrons. The van der Waals surface area contributed by atoms with Gasteiger partial charge in [0.2, 0.25) is 0 Å². The molecule has 98 valence electrons. The molecule has 1 heterocycles. The molecular weight excluding hydrogens is 240 g/mol. The smallest absolute Gasteiger partial charge is 0.251 e. The molecule has 5 nitrogen and oxygen atoms in total. The van der Waals surface area contributed by atoms with Crippen molar-refractivity contribution in [1.82, 2.24) is 15.3 Å². The van der Waals surface area contributed by atoms with Gasteiger partial charge in [-0.1, -0.05) is 0 Å². The van der Waals surface area contributed by atoms with Gasteiger partial charge in [0.25, 0.3) is 5.91 Å². The van der Waals surface area contributed by atoms with Gasteiger partial charge in [-0.3, -0.25) is 4.79 Å². The minimum atomic E-state index is -0.0984. The van der Waals surface area contributed by atoms with Crippen LogP contribution in [0.5, 0.6) is 0 Å². The lowest BCUT2D eigenvalue weighted by molar-refractivity contribution is 0.0950. The molecule has 0 spiro atoms. The zero-order valence-corrected chi connectivity index (χ0v) is 11.0. The van der Waals surface area contributed by atoms with Gasteiger partial charge in [0.1, 0.15) is 6.33 Å². The number of hydrogen-bond donors (Lipinski definition) is 2. The molecule has 2 aromatic rings. The van der Waals surface area contributed by atoms with Crippen LogP contribution >= 0.6 is 0 Å². The largest absolute Gasteiger partial charge is 0.388 e. The van der Waals surface area contributed by atoms with Gasteiger partial charge in [-0.05, 0) is 36.8 Å². The fourth-order valence-electron chi connectivity index (χ4n) is 1.76. The Bertz CT molecular complexity index is 569. The molecule has 1 amide bonds. The quantitative estimate of drug-likeness (QED) is 0.874. The van der Waals surface area contributed by atoms with E-state index in [-0.39, 0.29) is 5.91 Å². The number of aromatic nitrogens is 2. The minimum absolute atomic E-state index is 0.0984. The summed E-state index contributed by atoms with van der Waals surface area (Å²) in [5.74, 6) is -0.0984. The summed E-state index contributed by atoms with van der Waals surface area (Å²) in [4.78, 5) is 20.0. The normalized spacial score (nSPS) is 10.0. The first-order chi connectivity index (χ1) is 9.20. The maximum absolute atomic E-state index is 12.1. The Kier molecular flexibility index (Phi) is 4.07. The van der Waals surface area contributed by atoms with Crippen LogP contribution in [0.15, 0.2) is 36.8 Å². The molecule has 0 bridgehead atoms. The molecule has 0 aliphatic rings. The molecule has 19 heavy (non-hydrogen) atoms. The third kappa shape index (κ3) is 3.28. The van der Waals surface area contributed by atoms with Gasteiger partial charge in [0.15, 0.2) is 0 Å². The molecule has 2 N–H and O–H groups in total. The van der Waals surface area contributed by atoms with Crippen LogP contribution < -0.4 is 10.6 Å². The Labute approximate surface area is 112 Å². The van der Waals surface area contributed by atoms with E-state index in [4.69, 9.17) is 0 Å². The molecule has 0 fully saturated rings. The molecule has 5 heteroatoms. The summed E-state index contributed by atoms with van der Waals surface area (Å²) in [6.45, 7) is 2.31. The number of nitrogens with one attached hydrogen (secondary N) is 2. The Balaban J connectivity index is 2.04. The zero-order valence-electron chi connectivity index (χ0n) is 11.0.